The highest BCUT2D eigenvalue weighted by Crippen LogP contribution is 2.47. The van der Waals surface area contributed by atoms with E-state index in [4.69, 9.17) is 0 Å². The Bertz CT molecular complexity index is 966. The Kier molecular flexibility index (Phi) is 6.55. The number of rotatable bonds is 6. The topological polar surface area (TPSA) is 56.1 Å². The Hall–Kier alpha value is -2.80. The van der Waals surface area contributed by atoms with E-state index in [1.165, 1.54) is 24.8 Å². The fourth-order valence-corrected chi connectivity index (χ4v) is 5.12. The van der Waals surface area contributed by atoms with Crippen molar-refractivity contribution in [2.45, 2.75) is 64.2 Å². The number of amides is 2. The van der Waals surface area contributed by atoms with Crippen molar-refractivity contribution < 1.29 is 4.79 Å². The van der Waals surface area contributed by atoms with Gasteiger partial charge in [-0.15, -0.1) is 0 Å². The summed E-state index contributed by atoms with van der Waals surface area (Å²) in [6, 6.07) is 20.5. The molecule has 0 saturated heterocycles. The third kappa shape index (κ3) is 4.99. The summed E-state index contributed by atoms with van der Waals surface area (Å²) in [4.78, 5) is 15.2. The van der Waals surface area contributed by atoms with Gasteiger partial charge in [0.1, 0.15) is 0 Å². The van der Waals surface area contributed by atoms with Crippen molar-refractivity contribution in [3.63, 3.8) is 0 Å². The SMILES string of the molecule is CC1(CN(C(=O)NCC2CCC2)c2cccc(C#N)c2)CCC(C)(c2ccccc2)CC1. The van der Waals surface area contributed by atoms with Gasteiger partial charge in [0.2, 0.25) is 0 Å². The molecule has 4 nitrogen and oxygen atoms in total. The lowest BCUT2D eigenvalue weighted by atomic mass is 9.62. The molecule has 0 aromatic heterocycles. The lowest BCUT2D eigenvalue weighted by molar-refractivity contribution is 0.158. The van der Waals surface area contributed by atoms with E-state index in [2.05, 4.69) is 55.6 Å². The summed E-state index contributed by atoms with van der Waals surface area (Å²) in [5, 5.41) is 12.5. The monoisotopic (exact) mass is 429 g/mol. The summed E-state index contributed by atoms with van der Waals surface area (Å²) < 4.78 is 0. The number of carbonyl (C=O) groups is 1. The van der Waals surface area contributed by atoms with Gasteiger partial charge in [-0.25, -0.2) is 4.79 Å². The van der Waals surface area contributed by atoms with Gasteiger partial charge in [-0.1, -0.05) is 56.7 Å². The smallest absolute Gasteiger partial charge is 0.321 e. The van der Waals surface area contributed by atoms with Crippen molar-refractivity contribution in [1.29, 1.82) is 5.26 Å². The Morgan fingerprint density at radius 3 is 2.41 bits per heavy atom. The fraction of sp³-hybridized carbons (Fsp3) is 0.500. The van der Waals surface area contributed by atoms with Crippen LogP contribution in [-0.2, 0) is 5.41 Å². The molecule has 2 aromatic carbocycles. The second kappa shape index (κ2) is 9.36. The van der Waals surface area contributed by atoms with E-state index in [9.17, 15) is 10.1 Å². The quantitative estimate of drug-likeness (QED) is 0.576. The lowest BCUT2D eigenvalue weighted by Gasteiger charge is -2.45. The highest BCUT2D eigenvalue weighted by molar-refractivity contribution is 5.92. The number of nitriles is 1. The molecule has 0 aliphatic heterocycles. The number of hydrogen-bond donors (Lipinski definition) is 1. The molecule has 0 atom stereocenters. The van der Waals surface area contributed by atoms with E-state index in [-0.39, 0.29) is 16.9 Å². The summed E-state index contributed by atoms with van der Waals surface area (Å²) in [5.41, 5.74) is 3.06. The van der Waals surface area contributed by atoms with E-state index >= 15 is 0 Å². The minimum Gasteiger partial charge on any atom is -0.337 e. The molecule has 0 bridgehead atoms. The number of hydrogen-bond acceptors (Lipinski definition) is 2. The summed E-state index contributed by atoms with van der Waals surface area (Å²) in [6.45, 7) is 6.11. The van der Waals surface area contributed by atoms with Crippen LogP contribution >= 0.6 is 0 Å². The number of nitrogens with zero attached hydrogens (tertiary/aromatic N) is 2. The highest BCUT2D eigenvalue weighted by Gasteiger charge is 2.40. The molecule has 2 amide bonds. The standard InChI is InChI=1S/C28H35N3O/c1-27(14-16-28(2,17-15-27)24-11-4-3-5-12-24)21-31(25-13-7-10-23(18-25)19-29)26(32)30-20-22-8-6-9-22/h3-5,7,10-13,18,22H,6,8-9,14-17,20-21H2,1-2H3,(H,30,32). The average Bonchev–Trinajstić information content (AvgIpc) is 2.79. The minimum absolute atomic E-state index is 0.0374. The number of nitrogens with one attached hydrogen (secondary N) is 1. The zero-order chi connectivity index (χ0) is 22.6. The minimum atomic E-state index is -0.0374. The van der Waals surface area contributed by atoms with Crippen LogP contribution in [-0.4, -0.2) is 19.1 Å². The van der Waals surface area contributed by atoms with Gasteiger partial charge in [-0.3, -0.25) is 4.90 Å². The van der Waals surface area contributed by atoms with Crippen LogP contribution in [0.5, 0.6) is 0 Å². The molecule has 0 unspecified atom stereocenters. The van der Waals surface area contributed by atoms with Gasteiger partial charge in [-0.05, 0) is 79.0 Å². The normalized spacial score (nSPS) is 25.4. The van der Waals surface area contributed by atoms with E-state index in [0.717, 1.165) is 37.9 Å². The molecule has 4 rings (SSSR count). The van der Waals surface area contributed by atoms with Crippen LogP contribution in [0.3, 0.4) is 0 Å². The third-order valence-electron chi connectivity index (χ3n) is 7.87. The molecular formula is C28H35N3O. The van der Waals surface area contributed by atoms with Gasteiger partial charge in [0.25, 0.3) is 0 Å². The molecule has 32 heavy (non-hydrogen) atoms. The van der Waals surface area contributed by atoms with E-state index in [1.54, 1.807) is 6.07 Å². The first-order valence-electron chi connectivity index (χ1n) is 12.0. The predicted octanol–water partition coefficient (Wildman–Crippen LogP) is 6.41. The van der Waals surface area contributed by atoms with Crippen molar-refractivity contribution in [1.82, 2.24) is 5.32 Å². The van der Waals surface area contributed by atoms with Crippen molar-refractivity contribution in [2.24, 2.45) is 11.3 Å². The van der Waals surface area contributed by atoms with Gasteiger partial charge in [0.05, 0.1) is 11.6 Å². The highest BCUT2D eigenvalue weighted by atomic mass is 16.2. The predicted molar refractivity (Wildman–Crippen MR) is 130 cm³/mol. The van der Waals surface area contributed by atoms with Gasteiger partial charge in [-0.2, -0.15) is 5.26 Å². The van der Waals surface area contributed by atoms with E-state index < -0.39 is 0 Å². The summed E-state index contributed by atoms with van der Waals surface area (Å²) >= 11 is 0. The van der Waals surface area contributed by atoms with Crippen molar-refractivity contribution in [3.05, 3.63) is 65.7 Å². The van der Waals surface area contributed by atoms with Gasteiger partial charge in [0.15, 0.2) is 0 Å². The number of benzene rings is 2. The second-order valence-corrected chi connectivity index (χ2v) is 10.5. The Balaban J connectivity index is 1.49. The van der Waals surface area contributed by atoms with Crippen LogP contribution in [0.4, 0.5) is 10.5 Å². The van der Waals surface area contributed by atoms with Gasteiger partial charge in [0, 0.05) is 18.8 Å². The van der Waals surface area contributed by atoms with Crippen LogP contribution < -0.4 is 10.2 Å². The number of carbonyl (C=O) groups excluding carboxylic acids is 1. The average molecular weight is 430 g/mol. The van der Waals surface area contributed by atoms with Gasteiger partial charge >= 0.3 is 6.03 Å². The molecule has 0 spiro atoms. The van der Waals surface area contributed by atoms with Crippen LogP contribution in [0.25, 0.3) is 0 Å². The molecule has 4 heteroatoms. The molecule has 168 valence electrons. The van der Waals surface area contributed by atoms with E-state index in [1.807, 2.05) is 23.1 Å². The summed E-state index contributed by atoms with van der Waals surface area (Å²) in [5.74, 6) is 0.614. The molecule has 0 radical (unpaired) electrons. The van der Waals surface area contributed by atoms with Crippen molar-refractivity contribution >= 4 is 11.7 Å². The van der Waals surface area contributed by atoms with Crippen molar-refractivity contribution in [2.75, 3.05) is 18.0 Å². The lowest BCUT2D eigenvalue weighted by Crippen LogP contribution is -2.48. The Morgan fingerprint density at radius 1 is 1.06 bits per heavy atom. The molecule has 1 N–H and O–H groups in total. The molecule has 0 heterocycles. The van der Waals surface area contributed by atoms with E-state index in [0.29, 0.717) is 18.0 Å². The van der Waals surface area contributed by atoms with Gasteiger partial charge < -0.3 is 5.32 Å². The number of urea groups is 1. The molecule has 2 aromatic rings. The molecule has 2 saturated carbocycles. The fourth-order valence-electron chi connectivity index (χ4n) is 5.12. The summed E-state index contributed by atoms with van der Waals surface area (Å²) in [7, 11) is 0. The first kappa shape index (κ1) is 22.4. The molecule has 2 fully saturated rings. The maximum atomic E-state index is 13.3. The maximum absolute atomic E-state index is 13.3. The summed E-state index contributed by atoms with van der Waals surface area (Å²) in [6.07, 6.45) is 8.06. The zero-order valence-electron chi connectivity index (χ0n) is 19.4. The second-order valence-electron chi connectivity index (χ2n) is 10.5. The first-order valence-corrected chi connectivity index (χ1v) is 12.0. The van der Waals surface area contributed by atoms with Crippen LogP contribution in [0.2, 0.25) is 0 Å². The van der Waals surface area contributed by atoms with Crippen LogP contribution in [0.1, 0.15) is 69.9 Å². The van der Waals surface area contributed by atoms with Crippen LogP contribution in [0.15, 0.2) is 54.6 Å². The largest absolute Gasteiger partial charge is 0.337 e. The first-order chi connectivity index (χ1) is 15.4. The van der Waals surface area contributed by atoms with Crippen molar-refractivity contribution in [3.8, 4) is 6.07 Å². The number of anilines is 1. The maximum Gasteiger partial charge on any atom is 0.321 e. The zero-order valence-corrected chi connectivity index (χ0v) is 19.4. The molecular weight excluding hydrogens is 394 g/mol. The Morgan fingerprint density at radius 2 is 1.78 bits per heavy atom. The molecule has 2 aliphatic rings. The molecule has 2 aliphatic carbocycles. The Labute approximate surface area is 192 Å². The van der Waals surface area contributed by atoms with Crippen LogP contribution in [0, 0.1) is 22.7 Å². The third-order valence-corrected chi connectivity index (χ3v) is 7.87.